The zero-order valence-electron chi connectivity index (χ0n) is 12.5. The van der Waals surface area contributed by atoms with Crippen LogP contribution in [0.1, 0.15) is 25.3 Å². The van der Waals surface area contributed by atoms with E-state index in [0.717, 1.165) is 32.5 Å². The lowest BCUT2D eigenvalue weighted by Gasteiger charge is -2.32. The molecule has 2 heterocycles. The molecule has 1 aliphatic heterocycles. The van der Waals surface area contributed by atoms with Crippen molar-refractivity contribution in [2.75, 3.05) is 31.6 Å². The number of nitrogens with two attached hydrogens (primary N) is 1. The van der Waals surface area contributed by atoms with Crippen LogP contribution in [0.25, 0.3) is 0 Å². The van der Waals surface area contributed by atoms with Crippen molar-refractivity contribution in [2.24, 2.45) is 10.9 Å². The Hall–Kier alpha value is -1.53. The van der Waals surface area contributed by atoms with E-state index in [4.69, 9.17) is 22.5 Å². The molecule has 2 rings (SSSR count). The highest BCUT2D eigenvalue weighted by Gasteiger charge is 2.26. The monoisotopic (exact) mass is 311 g/mol. The average molecular weight is 312 g/mol. The minimum absolute atomic E-state index is 0.00337. The van der Waals surface area contributed by atoms with Gasteiger partial charge in [-0.25, -0.2) is 4.98 Å². The Morgan fingerprint density at radius 2 is 2.33 bits per heavy atom. The lowest BCUT2D eigenvalue weighted by Crippen LogP contribution is -2.40. The second kappa shape index (κ2) is 6.95. The van der Waals surface area contributed by atoms with Crippen molar-refractivity contribution in [3.63, 3.8) is 0 Å². The second-order valence-electron chi connectivity index (χ2n) is 5.35. The van der Waals surface area contributed by atoms with Crippen molar-refractivity contribution >= 4 is 23.3 Å². The number of hydrogen-bond acceptors (Lipinski definition) is 5. The van der Waals surface area contributed by atoms with Gasteiger partial charge in [-0.3, -0.25) is 0 Å². The van der Waals surface area contributed by atoms with Crippen LogP contribution in [0.15, 0.2) is 17.4 Å². The van der Waals surface area contributed by atoms with Crippen LogP contribution in [0.5, 0.6) is 0 Å². The van der Waals surface area contributed by atoms with E-state index in [1.54, 1.807) is 12.3 Å². The predicted molar refractivity (Wildman–Crippen MR) is 85.3 cm³/mol. The maximum atomic E-state index is 8.86. The van der Waals surface area contributed by atoms with Gasteiger partial charge in [-0.05, 0) is 32.5 Å². The zero-order chi connectivity index (χ0) is 15.4. The summed E-state index contributed by atoms with van der Waals surface area (Å²) >= 11 is 6.44. The van der Waals surface area contributed by atoms with Crippen molar-refractivity contribution in [1.29, 1.82) is 0 Å². The number of amidine groups is 1. The average Bonchev–Trinajstić information content (AvgIpc) is 2.68. The normalized spacial score (nSPS) is 21.4. The molecule has 1 saturated heterocycles. The first-order chi connectivity index (χ1) is 10.1. The van der Waals surface area contributed by atoms with Gasteiger partial charge in [-0.2, -0.15) is 0 Å². The van der Waals surface area contributed by atoms with E-state index in [-0.39, 0.29) is 5.84 Å². The summed E-state index contributed by atoms with van der Waals surface area (Å²) in [4.78, 5) is 8.99. The number of rotatable bonds is 3. The van der Waals surface area contributed by atoms with Gasteiger partial charge in [0.05, 0.1) is 5.02 Å². The van der Waals surface area contributed by atoms with E-state index in [0.29, 0.717) is 22.4 Å². The molecule has 1 unspecified atom stereocenters. The maximum Gasteiger partial charge on any atom is 0.171 e. The number of halogens is 1. The van der Waals surface area contributed by atoms with Crippen molar-refractivity contribution in [1.82, 2.24) is 9.88 Å². The summed E-state index contributed by atoms with van der Waals surface area (Å²) < 4.78 is 0. The first-order valence-electron chi connectivity index (χ1n) is 7.16. The summed E-state index contributed by atoms with van der Waals surface area (Å²) in [5.41, 5.74) is 6.19. The molecular formula is C14H22ClN5O. The van der Waals surface area contributed by atoms with Gasteiger partial charge in [0.1, 0.15) is 5.82 Å². The van der Waals surface area contributed by atoms with Crippen molar-refractivity contribution in [2.45, 2.75) is 25.8 Å². The molecule has 0 amide bonds. The van der Waals surface area contributed by atoms with Gasteiger partial charge >= 0.3 is 0 Å². The van der Waals surface area contributed by atoms with Crippen LogP contribution in [-0.2, 0) is 0 Å². The Kier molecular flexibility index (Phi) is 5.25. The smallest absolute Gasteiger partial charge is 0.171 e. The molecule has 7 heteroatoms. The number of aromatic nitrogens is 1. The summed E-state index contributed by atoms with van der Waals surface area (Å²) in [5.74, 6) is 0.714. The van der Waals surface area contributed by atoms with E-state index in [1.165, 1.54) is 0 Å². The molecule has 1 aliphatic rings. The van der Waals surface area contributed by atoms with Crippen LogP contribution in [0.2, 0.25) is 5.02 Å². The molecule has 6 nitrogen and oxygen atoms in total. The van der Waals surface area contributed by atoms with Gasteiger partial charge in [-0.15, -0.1) is 0 Å². The molecule has 1 aromatic rings. The van der Waals surface area contributed by atoms with Crippen molar-refractivity contribution in [3.8, 4) is 0 Å². The van der Waals surface area contributed by atoms with E-state index < -0.39 is 0 Å². The fourth-order valence-electron chi connectivity index (χ4n) is 2.76. The first-order valence-corrected chi connectivity index (χ1v) is 7.53. The van der Waals surface area contributed by atoms with Crippen LogP contribution in [0.4, 0.5) is 5.82 Å². The molecule has 116 valence electrons. The Bertz CT molecular complexity index is 522. The number of pyridine rings is 1. The zero-order valence-corrected chi connectivity index (χ0v) is 13.2. The van der Waals surface area contributed by atoms with Crippen LogP contribution in [0, 0.1) is 0 Å². The van der Waals surface area contributed by atoms with Gasteiger partial charge in [0.25, 0.3) is 0 Å². The highest BCUT2D eigenvalue weighted by molar-refractivity contribution is 6.36. The molecule has 3 N–H and O–H groups in total. The fourth-order valence-corrected chi connectivity index (χ4v) is 3.07. The van der Waals surface area contributed by atoms with Gasteiger partial charge in [0.2, 0.25) is 0 Å². The third-order valence-corrected chi connectivity index (χ3v) is 4.27. The van der Waals surface area contributed by atoms with E-state index in [2.05, 4.69) is 33.9 Å². The lowest BCUT2D eigenvalue weighted by molar-refractivity contribution is 0.318. The van der Waals surface area contributed by atoms with Crippen molar-refractivity contribution in [3.05, 3.63) is 22.8 Å². The highest BCUT2D eigenvalue weighted by Crippen LogP contribution is 2.30. The Morgan fingerprint density at radius 3 is 3.00 bits per heavy atom. The largest absolute Gasteiger partial charge is 0.409 e. The molecule has 0 saturated carbocycles. The number of oxime groups is 1. The predicted octanol–water partition coefficient (Wildman–Crippen LogP) is 1.75. The Balaban J connectivity index is 2.39. The highest BCUT2D eigenvalue weighted by atomic mass is 35.5. The van der Waals surface area contributed by atoms with Crippen LogP contribution >= 0.6 is 11.6 Å². The third-order valence-electron chi connectivity index (χ3n) is 3.90. The quantitative estimate of drug-likeness (QED) is 0.385. The SMILES string of the molecule is CCC1CN(C)CCCN1c1nccc(/C(N)=N/O)c1Cl. The number of nitrogens with zero attached hydrogens (tertiary/aromatic N) is 4. The van der Waals surface area contributed by atoms with Crippen LogP contribution in [-0.4, -0.2) is 53.7 Å². The summed E-state index contributed by atoms with van der Waals surface area (Å²) in [7, 11) is 2.13. The van der Waals surface area contributed by atoms with Crippen LogP contribution in [0.3, 0.4) is 0 Å². The molecule has 0 bridgehead atoms. The summed E-state index contributed by atoms with van der Waals surface area (Å²) in [6.45, 7) is 5.10. The van der Waals surface area contributed by atoms with E-state index in [1.807, 2.05) is 0 Å². The van der Waals surface area contributed by atoms with E-state index in [9.17, 15) is 0 Å². The second-order valence-corrected chi connectivity index (χ2v) is 5.73. The van der Waals surface area contributed by atoms with Gasteiger partial charge < -0.3 is 20.7 Å². The van der Waals surface area contributed by atoms with Gasteiger partial charge in [0, 0.05) is 30.9 Å². The standard InChI is InChI=1S/C14H22ClN5O/c1-3-10-9-19(2)7-4-8-20(10)14-12(15)11(5-6-17-14)13(16)18-21/h5-6,10,21H,3-4,7-9H2,1-2H3,(H2,16,18). The topological polar surface area (TPSA) is 78.0 Å². The minimum Gasteiger partial charge on any atom is -0.409 e. The number of anilines is 1. The molecule has 0 radical (unpaired) electrons. The number of hydrogen-bond donors (Lipinski definition) is 2. The molecule has 1 atom stereocenters. The molecule has 1 fully saturated rings. The minimum atomic E-state index is 0.00337. The molecular weight excluding hydrogens is 290 g/mol. The van der Waals surface area contributed by atoms with Gasteiger partial charge in [0.15, 0.2) is 5.84 Å². The first kappa shape index (κ1) is 15.9. The maximum absolute atomic E-state index is 8.86. The molecule has 0 spiro atoms. The van der Waals surface area contributed by atoms with Crippen LogP contribution < -0.4 is 10.6 Å². The number of likely N-dealkylation sites (N-methyl/N-ethyl adjacent to an activating group) is 1. The molecule has 0 aromatic carbocycles. The third kappa shape index (κ3) is 3.39. The summed E-state index contributed by atoms with van der Waals surface area (Å²) in [6, 6.07) is 2.01. The molecule has 0 aliphatic carbocycles. The summed E-state index contributed by atoms with van der Waals surface area (Å²) in [5, 5.41) is 12.3. The van der Waals surface area contributed by atoms with E-state index >= 15 is 0 Å². The Labute approximate surface area is 130 Å². The molecule has 21 heavy (non-hydrogen) atoms. The fraction of sp³-hybridized carbons (Fsp3) is 0.571. The summed E-state index contributed by atoms with van der Waals surface area (Å²) in [6.07, 6.45) is 3.71. The van der Waals surface area contributed by atoms with Crippen molar-refractivity contribution < 1.29 is 5.21 Å². The Morgan fingerprint density at radius 1 is 1.57 bits per heavy atom. The lowest BCUT2D eigenvalue weighted by atomic mass is 10.1. The van der Waals surface area contributed by atoms with Gasteiger partial charge in [-0.1, -0.05) is 23.7 Å². The molecule has 1 aromatic heterocycles.